The summed E-state index contributed by atoms with van der Waals surface area (Å²) in [7, 11) is 0. The van der Waals surface area contributed by atoms with Crippen molar-refractivity contribution in [3.05, 3.63) is 41.7 Å². The fourth-order valence-corrected chi connectivity index (χ4v) is 3.42. The van der Waals surface area contributed by atoms with Crippen molar-refractivity contribution in [1.82, 2.24) is 14.6 Å². The van der Waals surface area contributed by atoms with E-state index in [9.17, 15) is 0 Å². The van der Waals surface area contributed by atoms with E-state index in [2.05, 4.69) is 29.1 Å². The summed E-state index contributed by atoms with van der Waals surface area (Å²) in [5.74, 6) is 1.03. The molecule has 1 aliphatic rings. The van der Waals surface area contributed by atoms with Crippen molar-refractivity contribution >= 4 is 16.6 Å². The fourth-order valence-electron chi connectivity index (χ4n) is 3.42. The number of para-hydroxylation sites is 1. The molecule has 2 heterocycles. The Hall–Kier alpha value is -1.90. The van der Waals surface area contributed by atoms with Crippen molar-refractivity contribution in [2.45, 2.75) is 59.3 Å². The lowest BCUT2D eigenvalue weighted by Crippen LogP contribution is -1.95. The zero-order chi connectivity index (χ0) is 16.2. The van der Waals surface area contributed by atoms with Crippen LogP contribution in [-0.2, 0) is 0 Å². The van der Waals surface area contributed by atoms with Crippen LogP contribution in [0, 0.1) is 19.8 Å². The largest absolute Gasteiger partial charge is 0.233 e. The predicted octanol–water partition coefficient (Wildman–Crippen LogP) is 5.48. The average molecular weight is 309 g/mol. The van der Waals surface area contributed by atoms with Crippen molar-refractivity contribution in [1.29, 1.82) is 0 Å². The first kappa shape index (κ1) is 16.0. The van der Waals surface area contributed by atoms with Crippen LogP contribution >= 0.6 is 0 Å². The van der Waals surface area contributed by atoms with E-state index in [4.69, 9.17) is 0 Å². The van der Waals surface area contributed by atoms with Gasteiger partial charge in [-0.15, -0.1) is 0 Å². The molecular weight excluding hydrogens is 282 g/mol. The maximum Gasteiger partial charge on any atom is 0.156 e. The van der Waals surface area contributed by atoms with Gasteiger partial charge < -0.3 is 0 Å². The second-order valence-electron chi connectivity index (χ2n) is 6.87. The quantitative estimate of drug-likeness (QED) is 0.515. The van der Waals surface area contributed by atoms with E-state index in [1.54, 1.807) is 0 Å². The number of fused-ring (bicyclic) bond motifs is 3. The lowest BCUT2D eigenvalue weighted by molar-refractivity contribution is 0.505. The van der Waals surface area contributed by atoms with Crippen molar-refractivity contribution in [3.63, 3.8) is 0 Å². The lowest BCUT2D eigenvalue weighted by Gasteiger charge is -2.03. The average Bonchev–Trinajstić information content (AvgIpc) is 2.75. The summed E-state index contributed by atoms with van der Waals surface area (Å²) >= 11 is 0. The zero-order valence-corrected chi connectivity index (χ0v) is 14.5. The highest BCUT2D eigenvalue weighted by molar-refractivity contribution is 5.83. The van der Waals surface area contributed by atoms with E-state index in [-0.39, 0.29) is 0 Å². The second-order valence-corrected chi connectivity index (χ2v) is 6.87. The number of aromatic nitrogens is 3. The zero-order valence-electron chi connectivity index (χ0n) is 14.5. The van der Waals surface area contributed by atoms with Crippen molar-refractivity contribution in [2.75, 3.05) is 0 Å². The minimum Gasteiger partial charge on any atom is -0.233 e. The summed E-state index contributed by atoms with van der Waals surface area (Å²) in [5, 5.41) is 5.60. The highest BCUT2D eigenvalue weighted by Crippen LogP contribution is 2.21. The van der Waals surface area contributed by atoms with Gasteiger partial charge in [-0.05, 0) is 25.8 Å². The molecule has 1 fully saturated rings. The Morgan fingerprint density at radius 2 is 1.70 bits per heavy atom. The van der Waals surface area contributed by atoms with Crippen LogP contribution in [0.4, 0.5) is 0 Å². The van der Waals surface area contributed by atoms with Crippen molar-refractivity contribution in [3.8, 4) is 0 Å². The van der Waals surface area contributed by atoms with E-state index in [0.717, 1.165) is 33.9 Å². The topological polar surface area (TPSA) is 30.2 Å². The Labute approximate surface area is 138 Å². The highest BCUT2D eigenvalue weighted by atomic mass is 15.3. The van der Waals surface area contributed by atoms with Gasteiger partial charge in [0.15, 0.2) is 5.65 Å². The van der Waals surface area contributed by atoms with E-state index in [1.807, 2.05) is 36.6 Å². The molecule has 4 rings (SSSR count). The van der Waals surface area contributed by atoms with Gasteiger partial charge in [0.05, 0.1) is 11.2 Å². The molecule has 2 aromatic heterocycles. The first-order valence-corrected chi connectivity index (χ1v) is 8.87. The summed E-state index contributed by atoms with van der Waals surface area (Å²) in [6.07, 6.45) is 8.93. The van der Waals surface area contributed by atoms with Gasteiger partial charge in [0.25, 0.3) is 0 Å². The van der Waals surface area contributed by atoms with Gasteiger partial charge in [-0.25, -0.2) is 9.50 Å². The van der Waals surface area contributed by atoms with E-state index in [0.29, 0.717) is 0 Å². The summed E-state index contributed by atoms with van der Waals surface area (Å²) in [5.41, 5.74) is 4.09. The molecule has 0 amide bonds. The standard InChI is InChI=1S/C12H11N3.C8H16/c1-8-7-12-13-9(2)10-5-3-4-6-11(10)15(12)14-8;1-8-6-4-2-3-5-7-8/h3-7H,1-2H3;8H,2-7H2,1H3. The number of benzene rings is 1. The maximum atomic E-state index is 4.53. The van der Waals surface area contributed by atoms with Crippen LogP contribution in [0.2, 0.25) is 0 Å². The molecule has 0 spiro atoms. The van der Waals surface area contributed by atoms with Crippen molar-refractivity contribution in [2.24, 2.45) is 5.92 Å². The Morgan fingerprint density at radius 3 is 2.43 bits per heavy atom. The van der Waals surface area contributed by atoms with Gasteiger partial charge >= 0.3 is 0 Å². The van der Waals surface area contributed by atoms with E-state index < -0.39 is 0 Å². The van der Waals surface area contributed by atoms with Crippen LogP contribution in [-0.4, -0.2) is 14.6 Å². The molecule has 0 radical (unpaired) electrons. The lowest BCUT2D eigenvalue weighted by atomic mass is 10.0. The summed E-state index contributed by atoms with van der Waals surface area (Å²) in [6.45, 7) is 6.40. The molecule has 122 valence electrons. The predicted molar refractivity (Wildman–Crippen MR) is 96.8 cm³/mol. The minimum absolute atomic E-state index is 0.920. The number of aryl methyl sites for hydroxylation is 2. The highest BCUT2D eigenvalue weighted by Gasteiger charge is 2.06. The molecule has 1 aromatic carbocycles. The molecular formula is C20H27N3. The summed E-state index contributed by atoms with van der Waals surface area (Å²) in [4.78, 5) is 4.53. The molecule has 0 N–H and O–H groups in total. The fraction of sp³-hybridized carbons (Fsp3) is 0.500. The monoisotopic (exact) mass is 309 g/mol. The Balaban J connectivity index is 0.000000166. The first-order valence-electron chi connectivity index (χ1n) is 8.87. The smallest absolute Gasteiger partial charge is 0.156 e. The molecule has 1 saturated carbocycles. The normalized spacial score (nSPS) is 16.1. The van der Waals surface area contributed by atoms with Crippen LogP contribution in [0.5, 0.6) is 0 Å². The number of hydrogen-bond donors (Lipinski definition) is 0. The molecule has 23 heavy (non-hydrogen) atoms. The SMILES string of the molecule is CC1CCCCCC1.Cc1cc2nc(C)c3ccccc3n2n1. The van der Waals surface area contributed by atoms with Crippen molar-refractivity contribution < 1.29 is 0 Å². The second kappa shape index (κ2) is 7.12. The third-order valence-electron chi connectivity index (χ3n) is 4.76. The first-order chi connectivity index (χ1) is 11.1. The van der Waals surface area contributed by atoms with Crippen LogP contribution in [0.3, 0.4) is 0 Å². The Kier molecular flexibility index (Phi) is 4.94. The van der Waals surface area contributed by atoms with Gasteiger partial charge in [0, 0.05) is 17.1 Å². The minimum atomic E-state index is 0.920. The van der Waals surface area contributed by atoms with Crippen LogP contribution in [0.25, 0.3) is 16.6 Å². The molecule has 3 heteroatoms. The molecule has 0 unspecified atom stereocenters. The number of nitrogens with zero attached hydrogens (tertiary/aromatic N) is 3. The Bertz CT molecular complexity index is 780. The summed E-state index contributed by atoms with van der Waals surface area (Å²) in [6, 6.07) is 10.2. The molecule has 0 saturated heterocycles. The molecule has 0 aliphatic heterocycles. The van der Waals surface area contributed by atoms with Gasteiger partial charge in [0.2, 0.25) is 0 Å². The van der Waals surface area contributed by atoms with Gasteiger partial charge in [-0.3, -0.25) is 0 Å². The number of hydrogen-bond acceptors (Lipinski definition) is 2. The molecule has 0 atom stereocenters. The molecule has 1 aliphatic carbocycles. The van der Waals surface area contributed by atoms with Crippen LogP contribution in [0.15, 0.2) is 30.3 Å². The van der Waals surface area contributed by atoms with E-state index in [1.165, 1.54) is 38.5 Å². The van der Waals surface area contributed by atoms with Crippen LogP contribution < -0.4 is 0 Å². The maximum absolute atomic E-state index is 4.53. The third kappa shape index (κ3) is 3.72. The summed E-state index contributed by atoms with van der Waals surface area (Å²) < 4.78 is 1.90. The Morgan fingerprint density at radius 1 is 1.00 bits per heavy atom. The third-order valence-corrected chi connectivity index (χ3v) is 4.76. The van der Waals surface area contributed by atoms with Gasteiger partial charge in [-0.1, -0.05) is 63.6 Å². The van der Waals surface area contributed by atoms with Gasteiger partial charge in [-0.2, -0.15) is 5.10 Å². The van der Waals surface area contributed by atoms with Gasteiger partial charge in [0.1, 0.15) is 0 Å². The molecule has 0 bridgehead atoms. The van der Waals surface area contributed by atoms with Crippen LogP contribution in [0.1, 0.15) is 56.8 Å². The van der Waals surface area contributed by atoms with E-state index >= 15 is 0 Å². The number of rotatable bonds is 0. The molecule has 3 aromatic rings. The molecule has 3 nitrogen and oxygen atoms in total.